The number of rotatable bonds is 28. The maximum atomic E-state index is 12.6. The zero-order valence-electron chi connectivity index (χ0n) is 37.2. The third-order valence-electron chi connectivity index (χ3n) is 9.42. The molecule has 0 atom stereocenters. The first kappa shape index (κ1) is 51.5. The molecule has 18 nitrogen and oxygen atoms in total. The molecule has 0 radical (unpaired) electrons. The van der Waals surface area contributed by atoms with Crippen LogP contribution in [0.25, 0.3) is 12.2 Å². The summed E-state index contributed by atoms with van der Waals surface area (Å²) in [7, 11) is -2.95. The number of benzene rings is 4. The summed E-state index contributed by atoms with van der Waals surface area (Å²) in [5, 5.41) is 28.2. The number of ether oxygens (including phenoxy) is 2. The number of likely N-dealkylation sites (N-methyl/N-ethyl adjacent to an activating group) is 1. The van der Waals surface area contributed by atoms with Crippen LogP contribution in [0.2, 0.25) is 0 Å². The van der Waals surface area contributed by atoms with E-state index in [-0.39, 0.29) is 59.7 Å². The van der Waals surface area contributed by atoms with Crippen molar-refractivity contribution in [2.24, 2.45) is 0 Å². The van der Waals surface area contributed by atoms with E-state index in [4.69, 9.17) is 14.6 Å². The molecule has 2 aromatic heterocycles. The van der Waals surface area contributed by atoms with Gasteiger partial charge >= 0.3 is 29.6 Å². The topological polar surface area (TPSA) is 245 Å². The van der Waals surface area contributed by atoms with Gasteiger partial charge in [-0.2, -0.15) is 29.9 Å². The Morgan fingerprint density at radius 3 is 1.74 bits per heavy atom. The molecule has 0 aliphatic carbocycles. The molecule has 66 heavy (non-hydrogen) atoms. The van der Waals surface area contributed by atoms with E-state index in [0.717, 1.165) is 42.1 Å². The molecule has 0 spiro atoms. The number of nitrogens with zero attached hydrogens (tertiary/aromatic N) is 6. The van der Waals surface area contributed by atoms with Gasteiger partial charge in [-0.25, -0.2) is 8.42 Å². The smallest absolute Gasteiger partial charge is 0.744 e. The summed E-state index contributed by atoms with van der Waals surface area (Å²) in [6, 6.07) is 31.5. The van der Waals surface area contributed by atoms with Gasteiger partial charge in [0.15, 0.2) is 0 Å². The van der Waals surface area contributed by atoms with E-state index in [0.29, 0.717) is 86.8 Å². The maximum Gasteiger partial charge on any atom is 1.00 e. The third kappa shape index (κ3) is 18.1. The van der Waals surface area contributed by atoms with Gasteiger partial charge in [-0.15, -0.1) is 0 Å². The van der Waals surface area contributed by atoms with Gasteiger partial charge in [-0.05, 0) is 66.1 Å². The molecule has 20 heteroatoms. The fourth-order valence-corrected chi connectivity index (χ4v) is 6.99. The van der Waals surface area contributed by atoms with Crippen molar-refractivity contribution < 1.29 is 57.1 Å². The zero-order chi connectivity index (χ0) is 45.5. The molecular formula is C46H55N12NaO6S. The van der Waals surface area contributed by atoms with Crippen LogP contribution in [0.5, 0.6) is 0 Å². The van der Waals surface area contributed by atoms with Crippen molar-refractivity contribution in [2.75, 3.05) is 94.1 Å². The van der Waals surface area contributed by atoms with Crippen molar-refractivity contribution in [1.82, 2.24) is 40.5 Å². The summed E-state index contributed by atoms with van der Waals surface area (Å²) >= 11 is 0. The fourth-order valence-electron chi connectivity index (χ4n) is 6.27. The first-order valence-electron chi connectivity index (χ1n) is 21.3. The van der Waals surface area contributed by atoms with Gasteiger partial charge in [0.2, 0.25) is 23.8 Å². The summed E-state index contributed by atoms with van der Waals surface area (Å²) in [6.07, 6.45) is 4.60. The van der Waals surface area contributed by atoms with Crippen molar-refractivity contribution in [2.45, 2.75) is 24.2 Å². The van der Waals surface area contributed by atoms with Crippen LogP contribution >= 0.6 is 0 Å². The molecule has 0 amide bonds. The normalized spacial score (nSPS) is 11.3. The van der Waals surface area contributed by atoms with Crippen LogP contribution in [0.15, 0.2) is 108 Å². The summed E-state index contributed by atoms with van der Waals surface area (Å²) in [6.45, 7) is 5.13. The second-order valence-corrected chi connectivity index (χ2v) is 15.9. The number of aliphatic hydroxyl groups excluding tert-OH is 1. The monoisotopic (exact) mass is 926 g/mol. The summed E-state index contributed by atoms with van der Waals surface area (Å²) in [5.74, 6) is 2.44. The molecule has 4 aromatic carbocycles. The second kappa shape index (κ2) is 27.9. The van der Waals surface area contributed by atoms with Crippen LogP contribution < -0.4 is 61.5 Å². The predicted molar refractivity (Wildman–Crippen MR) is 252 cm³/mol. The molecule has 0 saturated carbocycles. The number of para-hydroxylation sites is 2. The number of anilines is 6. The number of hydrogen-bond acceptors (Lipinski definition) is 18. The molecule has 0 saturated heterocycles. The van der Waals surface area contributed by atoms with E-state index in [2.05, 4.69) is 61.8 Å². The van der Waals surface area contributed by atoms with Gasteiger partial charge in [0.25, 0.3) is 0 Å². The molecule has 0 aliphatic heterocycles. The number of hydrogen-bond donors (Lipinski definition) is 7. The largest absolute Gasteiger partial charge is 1.00 e. The molecule has 6 aromatic rings. The molecule has 0 bridgehead atoms. The third-order valence-corrected chi connectivity index (χ3v) is 10.3. The minimum Gasteiger partial charge on any atom is -0.744 e. The van der Waals surface area contributed by atoms with Crippen molar-refractivity contribution in [3.63, 3.8) is 0 Å². The molecule has 6 rings (SSSR count). The Balaban J connectivity index is 0.00000817. The first-order valence-corrected chi connectivity index (χ1v) is 22.7. The molecule has 0 aliphatic rings. The van der Waals surface area contributed by atoms with Crippen LogP contribution in [0.3, 0.4) is 0 Å². The zero-order valence-corrected chi connectivity index (χ0v) is 40.1. The van der Waals surface area contributed by atoms with Gasteiger partial charge in [0, 0.05) is 63.5 Å². The van der Waals surface area contributed by atoms with Crippen LogP contribution in [0.1, 0.15) is 40.3 Å². The van der Waals surface area contributed by atoms with Gasteiger partial charge in [0.1, 0.15) is 21.8 Å². The van der Waals surface area contributed by atoms with Crippen molar-refractivity contribution in [1.29, 1.82) is 0 Å². The molecule has 342 valence electrons. The van der Waals surface area contributed by atoms with Crippen LogP contribution in [0.4, 0.5) is 35.2 Å². The summed E-state index contributed by atoms with van der Waals surface area (Å²) < 4.78 is 48.6. The average Bonchev–Trinajstić information content (AvgIpc) is 3.30. The minimum absolute atomic E-state index is 0. The molecule has 7 N–H and O–H groups in total. The Kier molecular flexibility index (Phi) is 21.8. The molecule has 0 unspecified atom stereocenters. The van der Waals surface area contributed by atoms with Crippen molar-refractivity contribution >= 4 is 57.4 Å². The van der Waals surface area contributed by atoms with Crippen LogP contribution in [-0.4, -0.2) is 121 Å². The Bertz CT molecular complexity index is 2510. The number of aromatic nitrogens is 6. The number of nitrogens with one attached hydrogen (secondary N) is 6. The van der Waals surface area contributed by atoms with Gasteiger partial charge in [-0.1, -0.05) is 84.9 Å². The van der Waals surface area contributed by atoms with E-state index in [1.54, 1.807) is 24.3 Å². The Hall–Kier alpha value is -5.45. The van der Waals surface area contributed by atoms with Crippen LogP contribution in [0, 0.1) is 0 Å². The summed E-state index contributed by atoms with van der Waals surface area (Å²) in [4.78, 5) is 27.3. The van der Waals surface area contributed by atoms with Crippen LogP contribution in [-0.2, 0) is 32.4 Å². The molecule has 0 fully saturated rings. The Morgan fingerprint density at radius 1 is 0.606 bits per heavy atom. The Labute approximate surface area is 408 Å². The van der Waals surface area contributed by atoms with Gasteiger partial charge in [-0.3, -0.25) is 0 Å². The van der Waals surface area contributed by atoms with Gasteiger partial charge in [0.05, 0.1) is 31.3 Å². The second-order valence-electron chi connectivity index (χ2n) is 14.5. The quantitative estimate of drug-likeness (QED) is 0.0161. The minimum atomic E-state index is -4.86. The molecular weight excluding hydrogens is 872 g/mol. The van der Waals surface area contributed by atoms with Gasteiger partial charge < -0.3 is 51.0 Å². The van der Waals surface area contributed by atoms with E-state index in [1.165, 1.54) is 6.07 Å². The van der Waals surface area contributed by atoms with E-state index in [1.807, 2.05) is 92.0 Å². The van der Waals surface area contributed by atoms with Crippen molar-refractivity contribution in [3.05, 3.63) is 137 Å². The summed E-state index contributed by atoms with van der Waals surface area (Å²) in [5.41, 5.74) is 4.15. The SMILES string of the molecule is CNCCNCCNc1nc(Cc2ccc(/C=C/c3ccc(Cc4nc(NCCCOCCOCCO)nc(Nc5ccccc5)n4)cc3S(=O)(=O)[O-])cc2)nc(Nc2ccccc2)n1.[Na+]. The fraction of sp³-hybridized carbons (Fsp3) is 0.304. The van der Waals surface area contributed by atoms with E-state index >= 15 is 0 Å². The predicted octanol–water partition coefficient (Wildman–Crippen LogP) is 1.85. The Morgan fingerprint density at radius 2 is 1.15 bits per heavy atom. The average molecular weight is 927 g/mol. The first-order chi connectivity index (χ1) is 31.7. The van der Waals surface area contributed by atoms with E-state index in [9.17, 15) is 13.0 Å². The maximum absolute atomic E-state index is 12.6. The van der Waals surface area contributed by atoms with E-state index < -0.39 is 10.1 Å². The molecule has 2 heterocycles. The van der Waals surface area contributed by atoms with Crippen molar-refractivity contribution in [3.8, 4) is 0 Å². The number of aliphatic hydroxyl groups is 1. The standard InChI is InChI=1S/C46H56N12O6S.Na/c1-47-22-23-48-24-25-50-44-53-41(55-45(58-44)51-38-9-4-2-5-10-38)32-35-15-13-34(14-16-35)17-19-37-20-18-36(31-40(37)65(60,61)62)33-42-54-43(49-21-8-27-63-29-30-64-28-26-59)57-46(56-42)52-39-11-6-3-7-12-39;/h2-7,9-20,31,47-48,59H,8,21-30,32-33H2,1H3,(H,60,61,62)(H2,49,52,54,56,57)(H2,50,51,53,55,58);/q;+1/p-1/b19-17+;.